The van der Waals surface area contributed by atoms with Crippen molar-refractivity contribution >= 4 is 45.0 Å². The number of benzene rings is 1. The normalized spacial score (nSPS) is 12.2. The SMILES string of the molecule is CC(NC(=O)c1cc(Br)c(Cl)[nH]1)c1ccc(Cl)cc1. The number of hydrogen-bond acceptors (Lipinski definition) is 1. The number of hydrogen-bond donors (Lipinski definition) is 2. The molecule has 0 saturated heterocycles. The van der Waals surface area contributed by atoms with E-state index >= 15 is 0 Å². The van der Waals surface area contributed by atoms with Gasteiger partial charge in [-0.15, -0.1) is 0 Å². The first-order chi connectivity index (χ1) is 8.97. The van der Waals surface area contributed by atoms with Crippen molar-refractivity contribution in [2.45, 2.75) is 13.0 Å². The zero-order valence-corrected chi connectivity index (χ0v) is 13.1. The molecule has 1 amide bonds. The van der Waals surface area contributed by atoms with Gasteiger partial charge < -0.3 is 10.3 Å². The summed E-state index contributed by atoms with van der Waals surface area (Å²) in [5, 5.41) is 3.96. The zero-order chi connectivity index (χ0) is 14.0. The summed E-state index contributed by atoms with van der Waals surface area (Å²) in [5.74, 6) is -0.213. The molecule has 1 heterocycles. The number of H-pyrrole nitrogens is 1. The fourth-order valence-electron chi connectivity index (χ4n) is 1.64. The lowest BCUT2D eigenvalue weighted by Crippen LogP contribution is -2.26. The molecule has 0 spiro atoms. The summed E-state index contributed by atoms with van der Waals surface area (Å²) in [6.07, 6.45) is 0. The average molecular weight is 362 g/mol. The van der Waals surface area contributed by atoms with Crippen molar-refractivity contribution in [3.8, 4) is 0 Å². The highest BCUT2D eigenvalue weighted by atomic mass is 79.9. The molecule has 0 aliphatic rings. The van der Waals surface area contributed by atoms with E-state index in [1.54, 1.807) is 18.2 Å². The fourth-order valence-corrected chi connectivity index (χ4v) is 2.25. The van der Waals surface area contributed by atoms with Crippen LogP contribution in [0.1, 0.15) is 29.0 Å². The largest absolute Gasteiger partial charge is 0.344 e. The highest BCUT2D eigenvalue weighted by Gasteiger charge is 2.14. The monoisotopic (exact) mass is 360 g/mol. The number of amides is 1. The van der Waals surface area contributed by atoms with E-state index in [9.17, 15) is 4.79 Å². The molecule has 2 N–H and O–H groups in total. The molecule has 19 heavy (non-hydrogen) atoms. The van der Waals surface area contributed by atoms with Gasteiger partial charge in [-0.05, 0) is 46.6 Å². The van der Waals surface area contributed by atoms with Crippen LogP contribution in [-0.4, -0.2) is 10.9 Å². The van der Waals surface area contributed by atoms with E-state index in [1.807, 2.05) is 19.1 Å². The summed E-state index contributed by atoms with van der Waals surface area (Å²) < 4.78 is 0.665. The maximum atomic E-state index is 12.0. The van der Waals surface area contributed by atoms with Crippen molar-refractivity contribution < 1.29 is 4.79 Å². The van der Waals surface area contributed by atoms with Gasteiger partial charge in [-0.3, -0.25) is 4.79 Å². The first kappa shape index (κ1) is 14.4. The predicted octanol–water partition coefficient (Wildman–Crippen LogP) is 4.58. The molecule has 1 aromatic heterocycles. The molecule has 6 heteroatoms. The number of aromatic amines is 1. The van der Waals surface area contributed by atoms with Gasteiger partial charge in [0.15, 0.2) is 0 Å². The fraction of sp³-hybridized carbons (Fsp3) is 0.154. The summed E-state index contributed by atoms with van der Waals surface area (Å²) in [6, 6.07) is 8.87. The Morgan fingerprint density at radius 2 is 1.95 bits per heavy atom. The summed E-state index contributed by atoms with van der Waals surface area (Å²) in [7, 11) is 0. The van der Waals surface area contributed by atoms with Crippen LogP contribution in [0.15, 0.2) is 34.8 Å². The lowest BCUT2D eigenvalue weighted by atomic mass is 10.1. The first-order valence-electron chi connectivity index (χ1n) is 5.57. The Kier molecular flexibility index (Phi) is 4.55. The van der Waals surface area contributed by atoms with Gasteiger partial charge in [-0.25, -0.2) is 0 Å². The zero-order valence-electron chi connectivity index (χ0n) is 10.0. The molecule has 0 fully saturated rings. The molecule has 0 aliphatic heterocycles. The summed E-state index contributed by atoms with van der Waals surface area (Å²) in [5.41, 5.74) is 1.40. The topological polar surface area (TPSA) is 44.9 Å². The standard InChI is InChI=1S/C13H11BrCl2N2O/c1-7(8-2-4-9(15)5-3-8)17-13(19)11-6-10(14)12(16)18-11/h2-7,18H,1H3,(H,17,19). The van der Waals surface area contributed by atoms with Crippen LogP contribution in [0.4, 0.5) is 0 Å². The lowest BCUT2D eigenvalue weighted by Gasteiger charge is -2.13. The number of carbonyl (C=O) groups excluding carboxylic acids is 1. The number of halogens is 3. The van der Waals surface area contributed by atoms with Gasteiger partial charge in [0.2, 0.25) is 0 Å². The van der Waals surface area contributed by atoms with Crippen LogP contribution < -0.4 is 5.32 Å². The lowest BCUT2D eigenvalue weighted by molar-refractivity contribution is 0.0935. The Balaban J connectivity index is 2.08. The molecule has 0 aliphatic carbocycles. The first-order valence-corrected chi connectivity index (χ1v) is 7.12. The van der Waals surface area contributed by atoms with E-state index in [-0.39, 0.29) is 11.9 Å². The predicted molar refractivity (Wildman–Crippen MR) is 80.8 cm³/mol. The van der Waals surface area contributed by atoms with Crippen LogP contribution in [0.2, 0.25) is 10.2 Å². The molecule has 0 bridgehead atoms. The van der Waals surface area contributed by atoms with Gasteiger partial charge in [-0.1, -0.05) is 35.3 Å². The van der Waals surface area contributed by atoms with Crippen molar-refractivity contribution in [1.82, 2.24) is 10.3 Å². The highest BCUT2D eigenvalue weighted by molar-refractivity contribution is 9.10. The second-order valence-corrected chi connectivity index (χ2v) is 5.76. The molecule has 1 atom stereocenters. The van der Waals surface area contributed by atoms with Gasteiger partial charge in [0.25, 0.3) is 5.91 Å². The third-order valence-corrected chi connectivity index (χ3v) is 4.09. The van der Waals surface area contributed by atoms with Crippen LogP contribution in [-0.2, 0) is 0 Å². The van der Waals surface area contributed by atoms with Gasteiger partial charge in [0, 0.05) is 5.02 Å². The minimum absolute atomic E-state index is 0.120. The van der Waals surface area contributed by atoms with Crippen LogP contribution in [0.25, 0.3) is 0 Å². The Labute approximate surface area is 129 Å². The molecule has 100 valence electrons. The van der Waals surface area contributed by atoms with Gasteiger partial charge >= 0.3 is 0 Å². The number of nitrogens with one attached hydrogen (secondary N) is 2. The maximum Gasteiger partial charge on any atom is 0.268 e. The van der Waals surface area contributed by atoms with E-state index in [0.29, 0.717) is 20.3 Å². The minimum Gasteiger partial charge on any atom is -0.344 e. The van der Waals surface area contributed by atoms with E-state index in [1.165, 1.54) is 0 Å². The van der Waals surface area contributed by atoms with E-state index in [2.05, 4.69) is 26.2 Å². The second kappa shape index (κ2) is 5.99. The van der Waals surface area contributed by atoms with Crippen LogP contribution in [0, 0.1) is 0 Å². The Hall–Kier alpha value is -0.970. The molecular weight excluding hydrogens is 351 g/mol. The van der Waals surface area contributed by atoms with Crippen molar-refractivity contribution in [2.24, 2.45) is 0 Å². The second-order valence-electron chi connectivity index (χ2n) is 4.09. The molecule has 0 saturated carbocycles. The van der Waals surface area contributed by atoms with Crippen LogP contribution in [0.3, 0.4) is 0 Å². The molecule has 2 aromatic rings. The van der Waals surface area contributed by atoms with Crippen molar-refractivity contribution in [3.63, 3.8) is 0 Å². The summed E-state index contributed by atoms with van der Waals surface area (Å²) in [4.78, 5) is 14.8. The Morgan fingerprint density at radius 3 is 2.47 bits per heavy atom. The Morgan fingerprint density at radius 1 is 1.32 bits per heavy atom. The van der Waals surface area contributed by atoms with Gasteiger partial charge in [0.1, 0.15) is 10.8 Å². The highest BCUT2D eigenvalue weighted by Crippen LogP contribution is 2.23. The molecule has 0 radical (unpaired) electrons. The van der Waals surface area contributed by atoms with E-state index in [4.69, 9.17) is 23.2 Å². The smallest absolute Gasteiger partial charge is 0.268 e. The minimum atomic E-state index is -0.213. The third kappa shape index (κ3) is 3.53. The molecular formula is C13H11BrCl2N2O. The third-order valence-electron chi connectivity index (χ3n) is 2.69. The van der Waals surface area contributed by atoms with Crippen molar-refractivity contribution in [2.75, 3.05) is 0 Å². The summed E-state index contributed by atoms with van der Waals surface area (Å²) >= 11 is 14.9. The Bertz CT molecular complexity index is 576. The number of rotatable bonds is 3. The number of aromatic nitrogens is 1. The summed E-state index contributed by atoms with van der Waals surface area (Å²) in [6.45, 7) is 1.90. The van der Waals surface area contributed by atoms with Gasteiger partial charge in [0.05, 0.1) is 10.5 Å². The quantitative estimate of drug-likeness (QED) is 0.825. The molecule has 1 unspecified atom stereocenters. The van der Waals surface area contributed by atoms with E-state index < -0.39 is 0 Å². The molecule has 1 aromatic carbocycles. The van der Waals surface area contributed by atoms with E-state index in [0.717, 1.165) is 5.56 Å². The van der Waals surface area contributed by atoms with Gasteiger partial charge in [-0.2, -0.15) is 0 Å². The van der Waals surface area contributed by atoms with Crippen molar-refractivity contribution in [1.29, 1.82) is 0 Å². The maximum absolute atomic E-state index is 12.0. The van der Waals surface area contributed by atoms with Crippen molar-refractivity contribution in [3.05, 3.63) is 56.2 Å². The average Bonchev–Trinajstić information content (AvgIpc) is 2.70. The number of carbonyl (C=O) groups is 1. The van der Waals surface area contributed by atoms with Crippen LogP contribution >= 0.6 is 39.1 Å². The molecule has 2 rings (SSSR count). The van der Waals surface area contributed by atoms with Crippen LogP contribution in [0.5, 0.6) is 0 Å². The molecule has 3 nitrogen and oxygen atoms in total.